The van der Waals surface area contributed by atoms with Crippen molar-refractivity contribution in [3.05, 3.63) is 69.2 Å². The molecule has 1 unspecified atom stereocenters. The van der Waals surface area contributed by atoms with E-state index in [1.807, 2.05) is 13.0 Å². The van der Waals surface area contributed by atoms with Crippen molar-refractivity contribution in [1.29, 1.82) is 0 Å². The first-order valence-corrected chi connectivity index (χ1v) is 7.39. The maximum Gasteiger partial charge on any atom is 0.126 e. The Labute approximate surface area is 132 Å². The van der Waals surface area contributed by atoms with Gasteiger partial charge in [0.25, 0.3) is 0 Å². The van der Waals surface area contributed by atoms with Gasteiger partial charge in [0.05, 0.1) is 10.0 Å². The molecule has 0 aliphatic rings. The average molecular weight is 330 g/mol. The van der Waals surface area contributed by atoms with Gasteiger partial charge < -0.3 is 5.32 Å². The van der Waals surface area contributed by atoms with E-state index in [1.165, 1.54) is 12.1 Å². The molecule has 0 saturated heterocycles. The molecular formula is C16H15Cl2F2N. The van der Waals surface area contributed by atoms with Gasteiger partial charge in [-0.3, -0.25) is 0 Å². The standard InChI is InChI=1S/C16H15Cl2F2N/c1-2-21-15(11-6-12(19)9-13(20)7-11)8-10-4-3-5-14(17)16(10)18/h3-7,9,15,21H,2,8H2,1H3. The third-order valence-corrected chi connectivity index (χ3v) is 4.05. The van der Waals surface area contributed by atoms with Gasteiger partial charge in [0, 0.05) is 12.1 Å². The van der Waals surface area contributed by atoms with Crippen molar-refractivity contribution in [3.63, 3.8) is 0 Å². The molecule has 0 saturated carbocycles. The Kier molecular flexibility index (Phi) is 5.57. The summed E-state index contributed by atoms with van der Waals surface area (Å²) in [5.41, 5.74) is 1.38. The smallest absolute Gasteiger partial charge is 0.126 e. The number of nitrogens with one attached hydrogen (secondary N) is 1. The van der Waals surface area contributed by atoms with Gasteiger partial charge >= 0.3 is 0 Å². The lowest BCUT2D eigenvalue weighted by molar-refractivity contribution is 0.529. The van der Waals surface area contributed by atoms with Crippen LogP contribution in [0, 0.1) is 11.6 Å². The zero-order chi connectivity index (χ0) is 15.4. The lowest BCUT2D eigenvalue weighted by atomic mass is 9.98. The second-order valence-corrected chi connectivity index (χ2v) is 5.52. The van der Waals surface area contributed by atoms with Crippen molar-refractivity contribution in [3.8, 4) is 0 Å². The summed E-state index contributed by atoms with van der Waals surface area (Å²) in [5, 5.41) is 4.15. The van der Waals surface area contributed by atoms with Crippen LogP contribution in [0.25, 0.3) is 0 Å². The molecule has 0 bridgehead atoms. The maximum absolute atomic E-state index is 13.4. The summed E-state index contributed by atoms with van der Waals surface area (Å²) in [6, 6.07) is 8.64. The van der Waals surface area contributed by atoms with Crippen molar-refractivity contribution in [2.45, 2.75) is 19.4 Å². The molecule has 2 aromatic carbocycles. The van der Waals surface area contributed by atoms with Gasteiger partial charge in [-0.1, -0.05) is 42.3 Å². The first-order chi connectivity index (χ1) is 10.0. The molecule has 2 aromatic rings. The fraction of sp³-hybridized carbons (Fsp3) is 0.250. The predicted octanol–water partition coefficient (Wildman–Crippen LogP) is 5.16. The summed E-state index contributed by atoms with van der Waals surface area (Å²) in [5.74, 6) is -1.19. The van der Waals surface area contributed by atoms with E-state index in [2.05, 4.69) is 5.32 Å². The number of benzene rings is 2. The van der Waals surface area contributed by atoms with Crippen LogP contribution in [0.3, 0.4) is 0 Å². The zero-order valence-corrected chi connectivity index (χ0v) is 13.0. The van der Waals surface area contributed by atoms with Crippen LogP contribution in [-0.2, 0) is 6.42 Å². The zero-order valence-electron chi connectivity index (χ0n) is 11.5. The third-order valence-electron chi connectivity index (χ3n) is 3.19. The molecule has 5 heteroatoms. The number of hydrogen-bond donors (Lipinski definition) is 1. The molecule has 112 valence electrons. The van der Waals surface area contributed by atoms with Crippen LogP contribution in [0.4, 0.5) is 8.78 Å². The summed E-state index contributed by atoms with van der Waals surface area (Å²) in [6.45, 7) is 2.60. The normalized spacial score (nSPS) is 12.4. The Bertz CT molecular complexity index is 611. The summed E-state index contributed by atoms with van der Waals surface area (Å²) in [4.78, 5) is 0. The van der Waals surface area contributed by atoms with Crippen LogP contribution in [0.15, 0.2) is 36.4 Å². The highest BCUT2D eigenvalue weighted by atomic mass is 35.5. The molecule has 0 aromatic heterocycles. The molecule has 0 heterocycles. The molecule has 0 aliphatic carbocycles. The highest BCUT2D eigenvalue weighted by molar-refractivity contribution is 6.42. The fourth-order valence-corrected chi connectivity index (χ4v) is 2.65. The molecule has 0 fully saturated rings. The third kappa shape index (κ3) is 4.16. The van der Waals surface area contributed by atoms with Crippen molar-refractivity contribution < 1.29 is 8.78 Å². The number of halogens is 4. The Balaban J connectivity index is 2.32. The van der Waals surface area contributed by atoms with Crippen LogP contribution >= 0.6 is 23.2 Å². The van der Waals surface area contributed by atoms with Crippen LogP contribution < -0.4 is 5.32 Å². The van der Waals surface area contributed by atoms with Crippen LogP contribution in [0.5, 0.6) is 0 Å². The first-order valence-electron chi connectivity index (χ1n) is 6.63. The van der Waals surface area contributed by atoms with E-state index in [0.29, 0.717) is 28.6 Å². The van der Waals surface area contributed by atoms with Crippen LogP contribution in [0.2, 0.25) is 10.0 Å². The van der Waals surface area contributed by atoms with Gasteiger partial charge in [-0.15, -0.1) is 0 Å². The van der Waals surface area contributed by atoms with Crippen molar-refractivity contribution >= 4 is 23.2 Å². The summed E-state index contributed by atoms with van der Waals surface area (Å²) in [7, 11) is 0. The Morgan fingerprint density at radius 1 is 1.10 bits per heavy atom. The van der Waals surface area contributed by atoms with Crippen LogP contribution in [0.1, 0.15) is 24.1 Å². The topological polar surface area (TPSA) is 12.0 Å². The molecule has 2 rings (SSSR count). The SMILES string of the molecule is CCNC(Cc1cccc(Cl)c1Cl)c1cc(F)cc(F)c1. The highest BCUT2D eigenvalue weighted by Gasteiger charge is 2.16. The molecular weight excluding hydrogens is 315 g/mol. The molecule has 1 atom stereocenters. The Morgan fingerprint density at radius 3 is 2.38 bits per heavy atom. The fourth-order valence-electron chi connectivity index (χ4n) is 2.26. The van der Waals surface area contributed by atoms with Gasteiger partial charge in [0.2, 0.25) is 0 Å². The largest absolute Gasteiger partial charge is 0.310 e. The minimum Gasteiger partial charge on any atom is -0.310 e. The summed E-state index contributed by atoms with van der Waals surface area (Å²) in [6.07, 6.45) is 0.496. The highest BCUT2D eigenvalue weighted by Crippen LogP contribution is 2.29. The summed E-state index contributed by atoms with van der Waals surface area (Å²) < 4.78 is 26.8. The van der Waals surface area contributed by atoms with Crippen molar-refractivity contribution in [2.75, 3.05) is 6.54 Å². The minimum absolute atomic E-state index is 0.240. The van der Waals surface area contributed by atoms with Gasteiger partial charge in [0.15, 0.2) is 0 Å². The first kappa shape index (κ1) is 16.2. The van der Waals surface area contributed by atoms with E-state index in [4.69, 9.17) is 23.2 Å². The second-order valence-electron chi connectivity index (χ2n) is 4.73. The van der Waals surface area contributed by atoms with E-state index >= 15 is 0 Å². The van der Waals surface area contributed by atoms with E-state index in [1.54, 1.807) is 12.1 Å². The Morgan fingerprint density at radius 2 is 1.76 bits per heavy atom. The molecule has 0 spiro atoms. The quantitative estimate of drug-likeness (QED) is 0.798. The average Bonchev–Trinajstić information content (AvgIpc) is 2.42. The number of rotatable bonds is 5. The van der Waals surface area contributed by atoms with Crippen molar-refractivity contribution in [1.82, 2.24) is 5.32 Å². The van der Waals surface area contributed by atoms with Gasteiger partial charge in [-0.05, 0) is 42.3 Å². The molecule has 21 heavy (non-hydrogen) atoms. The molecule has 0 amide bonds. The van der Waals surface area contributed by atoms with Crippen LogP contribution in [-0.4, -0.2) is 6.54 Å². The maximum atomic E-state index is 13.4. The lowest BCUT2D eigenvalue weighted by Crippen LogP contribution is -2.23. The molecule has 1 N–H and O–H groups in total. The van der Waals surface area contributed by atoms with Gasteiger partial charge in [-0.25, -0.2) is 8.78 Å². The minimum atomic E-state index is -0.593. The molecule has 1 nitrogen and oxygen atoms in total. The lowest BCUT2D eigenvalue weighted by Gasteiger charge is -2.19. The second kappa shape index (κ2) is 7.21. The van der Waals surface area contributed by atoms with E-state index < -0.39 is 11.6 Å². The Hall–Kier alpha value is -1.16. The summed E-state index contributed by atoms with van der Waals surface area (Å²) >= 11 is 12.2. The van der Waals surface area contributed by atoms with Crippen molar-refractivity contribution in [2.24, 2.45) is 0 Å². The molecule has 0 radical (unpaired) electrons. The van der Waals surface area contributed by atoms with Gasteiger partial charge in [-0.2, -0.15) is 0 Å². The van der Waals surface area contributed by atoms with Gasteiger partial charge in [0.1, 0.15) is 11.6 Å². The van der Waals surface area contributed by atoms with E-state index in [9.17, 15) is 8.78 Å². The van der Waals surface area contributed by atoms with E-state index in [0.717, 1.165) is 11.6 Å². The van der Waals surface area contributed by atoms with E-state index in [-0.39, 0.29) is 6.04 Å². The predicted molar refractivity (Wildman–Crippen MR) is 82.9 cm³/mol. The number of hydrogen-bond acceptors (Lipinski definition) is 1. The molecule has 0 aliphatic heterocycles. The monoisotopic (exact) mass is 329 g/mol. The number of likely N-dealkylation sites (N-methyl/N-ethyl adjacent to an activating group) is 1.